The number of halogens is 6. The molecule has 2 N–H and O–H groups in total. The van der Waals surface area contributed by atoms with E-state index in [9.17, 15) is 31.1 Å². The Morgan fingerprint density at radius 3 is 2.50 bits per heavy atom. The second kappa shape index (κ2) is 7.32. The summed E-state index contributed by atoms with van der Waals surface area (Å²) in [6.07, 6.45) is -6.33. The van der Waals surface area contributed by atoms with E-state index in [0.717, 1.165) is 19.3 Å². The van der Waals surface area contributed by atoms with Crippen LogP contribution in [0, 0.1) is 0 Å². The molecule has 0 radical (unpaired) electrons. The number of fused-ring (bicyclic) bond motifs is 1. The summed E-state index contributed by atoms with van der Waals surface area (Å²) in [7, 11) is 1.11. The van der Waals surface area contributed by atoms with Crippen LogP contribution in [0.15, 0.2) is 36.8 Å². The molecule has 4 aromatic heterocycles. The predicted octanol–water partition coefficient (Wildman–Crippen LogP) is 4.04. The van der Waals surface area contributed by atoms with Crippen molar-refractivity contribution in [1.82, 2.24) is 29.9 Å². The minimum atomic E-state index is -5.02. The highest BCUT2D eigenvalue weighted by molar-refractivity contribution is 6.06. The molecule has 0 spiro atoms. The molecule has 4 rings (SSSR count). The number of nitrogens with one attached hydrogen (secondary N) is 2. The maximum Gasteiger partial charge on any atom is 0.433 e. The number of anilines is 1. The molecule has 32 heavy (non-hydrogen) atoms. The summed E-state index contributed by atoms with van der Waals surface area (Å²) >= 11 is 0. The van der Waals surface area contributed by atoms with Crippen LogP contribution < -0.4 is 5.32 Å². The molecule has 0 bridgehead atoms. The first-order valence-corrected chi connectivity index (χ1v) is 8.74. The molecule has 0 aromatic carbocycles. The third-order valence-corrected chi connectivity index (χ3v) is 4.44. The smallest absolute Gasteiger partial charge is 0.321 e. The molecule has 14 heteroatoms. The van der Waals surface area contributed by atoms with E-state index in [1.54, 1.807) is 0 Å². The highest BCUT2D eigenvalue weighted by atomic mass is 19.4. The van der Waals surface area contributed by atoms with Crippen molar-refractivity contribution in [3.8, 4) is 11.4 Å². The van der Waals surface area contributed by atoms with Gasteiger partial charge in [0, 0.05) is 30.5 Å². The quantitative estimate of drug-likeness (QED) is 0.454. The number of alkyl halides is 6. The van der Waals surface area contributed by atoms with Gasteiger partial charge in [-0.3, -0.25) is 24.5 Å². The number of rotatable bonds is 3. The minimum absolute atomic E-state index is 0.160. The van der Waals surface area contributed by atoms with Crippen molar-refractivity contribution in [3.63, 3.8) is 0 Å². The fraction of sp³-hybridized carbons (Fsp3) is 0.167. The zero-order valence-electron chi connectivity index (χ0n) is 15.9. The Bertz CT molecular complexity index is 1320. The van der Waals surface area contributed by atoms with E-state index in [1.165, 1.54) is 18.5 Å². The summed E-state index contributed by atoms with van der Waals surface area (Å²) in [5.41, 5.74) is -4.40. The van der Waals surface area contributed by atoms with Crippen LogP contribution >= 0.6 is 0 Å². The zero-order chi connectivity index (χ0) is 23.3. The van der Waals surface area contributed by atoms with Gasteiger partial charge in [-0.2, -0.15) is 36.5 Å². The van der Waals surface area contributed by atoms with Crippen LogP contribution in [0.1, 0.15) is 21.7 Å². The van der Waals surface area contributed by atoms with Crippen molar-refractivity contribution in [2.45, 2.75) is 12.4 Å². The molecule has 166 valence electrons. The average Bonchev–Trinajstić information content (AvgIpc) is 3.28. The van der Waals surface area contributed by atoms with Crippen LogP contribution in [0.3, 0.4) is 0 Å². The van der Waals surface area contributed by atoms with E-state index < -0.39 is 40.9 Å². The molecular weight excluding hydrogens is 444 g/mol. The number of carbonyl (C=O) groups excluding carboxylic acids is 1. The third-order valence-electron chi connectivity index (χ3n) is 4.44. The SMILES string of the molecule is Cn1nc(-c2n[nH]c3cnccc23)c(C(F)(F)F)c1C(=O)Nc1ccnc(C(F)(F)F)c1. The van der Waals surface area contributed by atoms with Gasteiger partial charge in [0.05, 0.1) is 11.7 Å². The minimum Gasteiger partial charge on any atom is -0.321 e. The number of aromatic nitrogens is 6. The van der Waals surface area contributed by atoms with Crippen molar-refractivity contribution >= 4 is 22.5 Å². The van der Waals surface area contributed by atoms with Crippen LogP contribution in [-0.2, 0) is 19.4 Å². The fourth-order valence-corrected chi connectivity index (χ4v) is 3.12. The van der Waals surface area contributed by atoms with Crippen LogP contribution in [0.25, 0.3) is 22.3 Å². The molecule has 4 aromatic rings. The summed E-state index contributed by atoms with van der Waals surface area (Å²) in [5, 5.41) is 12.6. The summed E-state index contributed by atoms with van der Waals surface area (Å²) in [4.78, 5) is 19.7. The largest absolute Gasteiger partial charge is 0.433 e. The first-order chi connectivity index (χ1) is 15.0. The normalized spacial score (nSPS) is 12.3. The molecule has 0 aliphatic heterocycles. The Hall–Kier alpha value is -3.97. The Kier molecular flexibility index (Phi) is 4.86. The highest BCUT2D eigenvalue weighted by Gasteiger charge is 2.43. The number of aryl methyl sites for hydroxylation is 1. The molecule has 0 atom stereocenters. The number of hydrogen-bond acceptors (Lipinski definition) is 5. The first kappa shape index (κ1) is 21.3. The molecule has 0 saturated carbocycles. The number of pyridine rings is 2. The second-order valence-electron chi connectivity index (χ2n) is 6.57. The van der Waals surface area contributed by atoms with Crippen LogP contribution in [-0.4, -0.2) is 35.9 Å². The van der Waals surface area contributed by atoms with Crippen LogP contribution in [0.5, 0.6) is 0 Å². The molecule has 4 heterocycles. The maximum atomic E-state index is 14.0. The van der Waals surface area contributed by atoms with Crippen molar-refractivity contribution in [3.05, 3.63) is 53.7 Å². The van der Waals surface area contributed by atoms with Gasteiger partial charge in [0.15, 0.2) is 0 Å². The number of hydrogen-bond donors (Lipinski definition) is 2. The molecule has 0 unspecified atom stereocenters. The van der Waals surface area contributed by atoms with Crippen LogP contribution in [0.2, 0.25) is 0 Å². The molecule has 0 saturated heterocycles. The van der Waals surface area contributed by atoms with Gasteiger partial charge in [0.1, 0.15) is 28.3 Å². The molecule has 8 nitrogen and oxygen atoms in total. The molecular formula is C18H11F6N7O. The van der Waals surface area contributed by atoms with E-state index in [-0.39, 0.29) is 11.4 Å². The summed E-state index contributed by atoms with van der Waals surface area (Å²) < 4.78 is 81.2. The monoisotopic (exact) mass is 455 g/mol. The van der Waals surface area contributed by atoms with E-state index in [1.807, 2.05) is 5.32 Å². The summed E-state index contributed by atoms with van der Waals surface area (Å²) in [6, 6.07) is 2.96. The van der Waals surface area contributed by atoms with Crippen molar-refractivity contribution in [2.24, 2.45) is 7.05 Å². The molecule has 0 fully saturated rings. The fourth-order valence-electron chi connectivity index (χ4n) is 3.12. The first-order valence-electron chi connectivity index (χ1n) is 8.74. The lowest BCUT2D eigenvalue weighted by Gasteiger charge is -2.12. The van der Waals surface area contributed by atoms with Gasteiger partial charge in [-0.05, 0) is 18.2 Å². The molecule has 0 aliphatic rings. The lowest BCUT2D eigenvalue weighted by Crippen LogP contribution is -2.21. The van der Waals surface area contributed by atoms with E-state index in [4.69, 9.17) is 0 Å². The van der Waals surface area contributed by atoms with Crippen molar-refractivity contribution < 1.29 is 31.1 Å². The van der Waals surface area contributed by atoms with Gasteiger partial charge in [0.25, 0.3) is 5.91 Å². The van der Waals surface area contributed by atoms with Gasteiger partial charge in [-0.15, -0.1) is 0 Å². The van der Waals surface area contributed by atoms with Gasteiger partial charge in [-0.25, -0.2) is 0 Å². The van der Waals surface area contributed by atoms with E-state index in [0.29, 0.717) is 21.7 Å². The Balaban J connectivity index is 1.81. The van der Waals surface area contributed by atoms with Crippen molar-refractivity contribution in [1.29, 1.82) is 0 Å². The van der Waals surface area contributed by atoms with Gasteiger partial charge in [-0.1, -0.05) is 0 Å². The zero-order valence-corrected chi connectivity index (χ0v) is 15.9. The van der Waals surface area contributed by atoms with Gasteiger partial charge >= 0.3 is 12.4 Å². The highest BCUT2D eigenvalue weighted by Crippen LogP contribution is 2.40. The van der Waals surface area contributed by atoms with Gasteiger partial charge in [0.2, 0.25) is 0 Å². The van der Waals surface area contributed by atoms with Crippen LogP contribution in [0.4, 0.5) is 32.0 Å². The summed E-state index contributed by atoms with van der Waals surface area (Å²) in [5.74, 6) is -1.31. The third kappa shape index (κ3) is 3.74. The predicted molar refractivity (Wildman–Crippen MR) is 98.3 cm³/mol. The number of H-pyrrole nitrogens is 1. The van der Waals surface area contributed by atoms with Gasteiger partial charge < -0.3 is 5.32 Å². The number of nitrogens with zero attached hydrogens (tertiary/aromatic N) is 5. The number of amides is 1. The summed E-state index contributed by atoms with van der Waals surface area (Å²) in [6.45, 7) is 0. The Morgan fingerprint density at radius 2 is 1.81 bits per heavy atom. The second-order valence-corrected chi connectivity index (χ2v) is 6.57. The number of aromatic amines is 1. The molecule has 0 aliphatic carbocycles. The Labute approximate surface area is 174 Å². The standard InChI is InChI=1S/C18H11F6N7O/c1-31-15(16(32)27-8-2-5-26-11(6-8)17(19,20)21)12(18(22,23)24)14(30-31)13-9-3-4-25-7-10(9)28-29-13/h2-7H,1H3,(H,28,29)(H,26,27,32). The topological polar surface area (TPSA) is 101 Å². The average molecular weight is 455 g/mol. The number of carbonyl (C=O) groups is 1. The maximum absolute atomic E-state index is 14.0. The lowest BCUT2D eigenvalue weighted by molar-refractivity contribution is -0.141. The van der Waals surface area contributed by atoms with E-state index in [2.05, 4.69) is 25.3 Å². The van der Waals surface area contributed by atoms with E-state index >= 15 is 0 Å². The molecule has 1 amide bonds. The lowest BCUT2D eigenvalue weighted by atomic mass is 10.1. The van der Waals surface area contributed by atoms with Crippen molar-refractivity contribution in [2.75, 3.05) is 5.32 Å². The Morgan fingerprint density at radius 1 is 1.06 bits per heavy atom.